The van der Waals surface area contributed by atoms with Gasteiger partial charge in [-0.1, -0.05) is 25.9 Å². The summed E-state index contributed by atoms with van der Waals surface area (Å²) in [6.45, 7) is 9.27. The number of urea groups is 1. The van der Waals surface area contributed by atoms with Gasteiger partial charge in [-0.05, 0) is 6.92 Å². The normalized spacial score (nSPS) is 21.2. The molecule has 1 aliphatic heterocycles. The first-order valence-electron chi connectivity index (χ1n) is 7.20. The van der Waals surface area contributed by atoms with Crippen LogP contribution in [0.25, 0.3) is 0 Å². The number of aromatic nitrogens is 1. The second-order valence-corrected chi connectivity index (χ2v) is 6.73. The second-order valence-electron chi connectivity index (χ2n) is 6.73. The van der Waals surface area contributed by atoms with Crippen molar-refractivity contribution >= 4 is 11.8 Å². The van der Waals surface area contributed by atoms with Crippen LogP contribution in [0.5, 0.6) is 0 Å². The Kier molecular flexibility index (Phi) is 4.25. The van der Waals surface area contributed by atoms with E-state index in [2.05, 4.69) is 10.5 Å². The fourth-order valence-corrected chi connectivity index (χ4v) is 2.20. The van der Waals surface area contributed by atoms with Gasteiger partial charge in [-0.25, -0.2) is 4.79 Å². The van der Waals surface area contributed by atoms with E-state index < -0.39 is 0 Å². The number of rotatable bonds is 4. The number of carbonyl (C=O) groups is 1. The Balaban J connectivity index is 2.21. The summed E-state index contributed by atoms with van der Waals surface area (Å²) in [5.74, 6) is 1.29. The summed E-state index contributed by atoms with van der Waals surface area (Å²) in [4.78, 5) is 15.6. The highest BCUT2D eigenvalue weighted by atomic mass is 16.5. The molecule has 0 spiro atoms. The molecule has 21 heavy (non-hydrogen) atoms. The van der Waals surface area contributed by atoms with Crippen LogP contribution in [-0.2, 0) is 5.41 Å². The van der Waals surface area contributed by atoms with Crippen molar-refractivity contribution in [3.05, 3.63) is 11.8 Å². The number of hydrogen-bond donors (Lipinski definition) is 2. The molecule has 1 aliphatic rings. The molecule has 2 heterocycles. The molecule has 7 nitrogen and oxygen atoms in total. The zero-order valence-electron chi connectivity index (χ0n) is 13.4. The third kappa shape index (κ3) is 3.36. The van der Waals surface area contributed by atoms with Gasteiger partial charge in [0.15, 0.2) is 5.82 Å². The summed E-state index contributed by atoms with van der Waals surface area (Å²) in [5.41, 5.74) is 5.63. The molecule has 1 aromatic heterocycles. The molecule has 2 atom stereocenters. The molecular weight excluding hydrogens is 270 g/mol. The van der Waals surface area contributed by atoms with E-state index in [0.29, 0.717) is 18.9 Å². The van der Waals surface area contributed by atoms with Crippen molar-refractivity contribution < 1.29 is 9.32 Å². The van der Waals surface area contributed by atoms with Crippen LogP contribution in [0.1, 0.15) is 33.5 Å². The van der Waals surface area contributed by atoms with E-state index in [1.165, 1.54) is 0 Å². The number of nitrogens with two attached hydrogens (primary N) is 1. The van der Waals surface area contributed by atoms with Crippen molar-refractivity contribution in [1.82, 2.24) is 15.4 Å². The summed E-state index contributed by atoms with van der Waals surface area (Å²) >= 11 is 0. The van der Waals surface area contributed by atoms with E-state index in [1.807, 2.05) is 33.8 Å². The van der Waals surface area contributed by atoms with Crippen molar-refractivity contribution in [2.45, 2.75) is 45.3 Å². The van der Waals surface area contributed by atoms with Gasteiger partial charge in [0.05, 0.1) is 6.54 Å². The van der Waals surface area contributed by atoms with Gasteiger partial charge in [-0.15, -0.1) is 0 Å². The van der Waals surface area contributed by atoms with Crippen LogP contribution < -0.4 is 16.0 Å². The van der Waals surface area contributed by atoms with Crippen LogP contribution in [0, 0.1) is 0 Å². The molecule has 2 unspecified atom stereocenters. The van der Waals surface area contributed by atoms with Gasteiger partial charge in [-0.2, -0.15) is 0 Å². The Hall–Kier alpha value is -1.60. The Bertz CT molecular complexity index is 506. The van der Waals surface area contributed by atoms with Crippen LogP contribution in [-0.4, -0.2) is 48.4 Å². The van der Waals surface area contributed by atoms with E-state index >= 15 is 0 Å². The minimum Gasteiger partial charge on any atom is -0.359 e. The number of carbonyl (C=O) groups excluding carboxylic acids is 1. The third-order valence-electron chi connectivity index (χ3n) is 3.45. The Morgan fingerprint density at radius 2 is 2.24 bits per heavy atom. The van der Waals surface area contributed by atoms with Crippen molar-refractivity contribution in [1.29, 1.82) is 0 Å². The summed E-state index contributed by atoms with van der Waals surface area (Å²) in [7, 11) is 1.77. The predicted molar refractivity (Wildman–Crippen MR) is 81.1 cm³/mol. The summed E-state index contributed by atoms with van der Waals surface area (Å²) in [6, 6.07) is 1.76. The molecule has 1 saturated heterocycles. The number of nitrogens with one attached hydrogen (secondary N) is 1. The molecule has 3 N–H and O–H groups in total. The monoisotopic (exact) mass is 295 g/mol. The number of anilines is 1. The number of hydrogen-bond acceptors (Lipinski definition) is 5. The Labute approximate surface area is 125 Å². The maximum atomic E-state index is 12.3. The zero-order chi connectivity index (χ0) is 15.8. The van der Waals surface area contributed by atoms with Crippen molar-refractivity contribution in [3.8, 4) is 0 Å². The number of likely N-dealkylation sites (N-methyl/N-ethyl adjacent to an activating group) is 1. The highest BCUT2D eigenvalue weighted by molar-refractivity contribution is 5.93. The zero-order valence-corrected chi connectivity index (χ0v) is 13.4. The quantitative estimate of drug-likeness (QED) is 0.868. The largest absolute Gasteiger partial charge is 0.359 e. The van der Waals surface area contributed by atoms with E-state index in [9.17, 15) is 4.79 Å². The molecule has 0 radical (unpaired) electrons. The molecule has 0 bridgehead atoms. The smallest absolute Gasteiger partial charge is 0.327 e. The lowest BCUT2D eigenvalue weighted by Gasteiger charge is -2.22. The standard InChI is InChI=1S/C14H25N5O2/c1-9(15)7-16-12-8-18(5)13(20)19(12)11-6-10(21-17-11)14(2,3)4/h6,9,12,16H,7-8,15H2,1-5H3. The first-order valence-corrected chi connectivity index (χ1v) is 7.20. The molecule has 1 fully saturated rings. The molecule has 2 amide bonds. The van der Waals surface area contributed by atoms with Gasteiger partial charge in [-0.3, -0.25) is 10.2 Å². The minimum absolute atomic E-state index is 0.0234. The second kappa shape index (κ2) is 5.65. The average molecular weight is 295 g/mol. The lowest BCUT2D eigenvalue weighted by atomic mass is 9.93. The van der Waals surface area contributed by atoms with Crippen molar-refractivity contribution in [2.75, 3.05) is 25.0 Å². The van der Waals surface area contributed by atoms with Gasteiger partial charge in [0.1, 0.15) is 11.9 Å². The number of amides is 2. The Morgan fingerprint density at radius 1 is 1.57 bits per heavy atom. The fraction of sp³-hybridized carbons (Fsp3) is 0.714. The molecule has 0 saturated carbocycles. The maximum Gasteiger partial charge on any atom is 0.327 e. The van der Waals surface area contributed by atoms with Crippen LogP contribution in [0.2, 0.25) is 0 Å². The van der Waals surface area contributed by atoms with E-state index in [0.717, 1.165) is 5.76 Å². The molecular formula is C14H25N5O2. The summed E-state index contributed by atoms with van der Waals surface area (Å²) in [6.07, 6.45) is -0.147. The van der Waals surface area contributed by atoms with Crippen LogP contribution in [0.3, 0.4) is 0 Å². The first kappa shape index (κ1) is 15.8. The van der Waals surface area contributed by atoms with Gasteiger partial charge >= 0.3 is 6.03 Å². The fourth-order valence-electron chi connectivity index (χ4n) is 2.20. The van der Waals surface area contributed by atoms with E-state index in [1.54, 1.807) is 16.8 Å². The molecule has 2 rings (SSSR count). The van der Waals surface area contributed by atoms with E-state index in [4.69, 9.17) is 10.3 Å². The molecule has 0 aliphatic carbocycles. The number of nitrogens with zero attached hydrogens (tertiary/aromatic N) is 3. The summed E-state index contributed by atoms with van der Waals surface area (Å²) < 4.78 is 5.38. The van der Waals surface area contributed by atoms with Crippen molar-refractivity contribution in [3.63, 3.8) is 0 Å². The molecule has 118 valence electrons. The van der Waals surface area contributed by atoms with Gasteiger partial charge in [0.25, 0.3) is 0 Å². The third-order valence-corrected chi connectivity index (χ3v) is 3.45. The van der Waals surface area contributed by atoms with Crippen LogP contribution >= 0.6 is 0 Å². The minimum atomic E-state index is -0.147. The maximum absolute atomic E-state index is 12.3. The van der Waals surface area contributed by atoms with Gasteiger partial charge in [0.2, 0.25) is 0 Å². The predicted octanol–water partition coefficient (Wildman–Crippen LogP) is 1.11. The molecule has 7 heteroatoms. The topological polar surface area (TPSA) is 87.6 Å². The SMILES string of the molecule is CC(N)CNC1CN(C)C(=O)N1c1cc(C(C)(C)C)on1. The highest BCUT2D eigenvalue weighted by Crippen LogP contribution is 2.28. The molecule has 0 aromatic carbocycles. The van der Waals surface area contributed by atoms with Gasteiger partial charge in [0, 0.05) is 31.1 Å². The van der Waals surface area contributed by atoms with E-state index in [-0.39, 0.29) is 23.7 Å². The lowest BCUT2D eigenvalue weighted by molar-refractivity contribution is 0.229. The Morgan fingerprint density at radius 3 is 2.76 bits per heavy atom. The van der Waals surface area contributed by atoms with Crippen LogP contribution in [0.4, 0.5) is 10.6 Å². The van der Waals surface area contributed by atoms with Gasteiger partial charge < -0.3 is 15.2 Å². The van der Waals surface area contributed by atoms with Crippen LogP contribution in [0.15, 0.2) is 10.6 Å². The molecule has 1 aromatic rings. The first-order chi connectivity index (χ1) is 9.70. The highest BCUT2D eigenvalue weighted by Gasteiger charge is 2.38. The summed E-state index contributed by atoms with van der Waals surface area (Å²) in [5, 5.41) is 7.35. The van der Waals surface area contributed by atoms with Crippen molar-refractivity contribution in [2.24, 2.45) is 5.73 Å². The average Bonchev–Trinajstić information content (AvgIpc) is 2.93. The lowest BCUT2D eigenvalue weighted by Crippen LogP contribution is -2.48.